The Hall–Kier alpha value is -1.88. The normalized spacial score (nSPS) is 19.7. The van der Waals surface area contributed by atoms with Gasteiger partial charge in [-0.25, -0.2) is 0 Å². The van der Waals surface area contributed by atoms with Gasteiger partial charge in [-0.3, -0.25) is 9.59 Å². The molecular weight excluding hydrogens is 232 g/mol. The first-order valence-corrected chi connectivity index (χ1v) is 5.91. The number of carboxylic acid groups (broad SMARTS) is 1. The van der Waals surface area contributed by atoms with E-state index >= 15 is 0 Å². The number of benzene rings is 1. The van der Waals surface area contributed by atoms with Gasteiger partial charge in [0, 0.05) is 6.54 Å². The van der Waals surface area contributed by atoms with Crippen LogP contribution in [0.15, 0.2) is 24.3 Å². The molecule has 0 fully saturated rings. The molecule has 0 saturated heterocycles. The molecule has 0 radical (unpaired) electrons. The first-order valence-electron chi connectivity index (χ1n) is 5.91. The summed E-state index contributed by atoms with van der Waals surface area (Å²) in [5.74, 6) is -1.29. The summed E-state index contributed by atoms with van der Waals surface area (Å²) in [6.07, 6.45) is 0.592. The maximum absolute atomic E-state index is 11.9. The molecule has 0 spiro atoms. The lowest BCUT2D eigenvalue weighted by atomic mass is 9.95. The fourth-order valence-electron chi connectivity index (χ4n) is 2.02. The second-order valence-corrected chi connectivity index (χ2v) is 4.47. The standard InChI is InChI=1S/C13H16N2O3/c1-8(13(17)18)15-12(16)11-6-9-4-2-3-5-10(9)7-14-11/h2-5,8,11,14H,6-7H2,1H3,(H,15,16)(H,17,18)/t8-,11-/m1/s1. The topological polar surface area (TPSA) is 78.4 Å². The summed E-state index contributed by atoms with van der Waals surface area (Å²) in [6, 6.07) is 6.71. The van der Waals surface area contributed by atoms with E-state index in [0.29, 0.717) is 13.0 Å². The number of amides is 1. The summed E-state index contributed by atoms with van der Waals surface area (Å²) >= 11 is 0. The van der Waals surface area contributed by atoms with Gasteiger partial charge < -0.3 is 15.7 Å². The third kappa shape index (κ3) is 2.68. The number of hydrogen-bond donors (Lipinski definition) is 3. The summed E-state index contributed by atoms with van der Waals surface area (Å²) in [5, 5.41) is 14.3. The number of fused-ring (bicyclic) bond motifs is 1. The number of aliphatic carboxylic acids is 1. The molecule has 5 heteroatoms. The van der Waals surface area contributed by atoms with Gasteiger partial charge in [0.05, 0.1) is 6.04 Å². The molecule has 2 rings (SSSR count). The van der Waals surface area contributed by atoms with Crippen molar-refractivity contribution in [2.24, 2.45) is 0 Å². The number of rotatable bonds is 3. The van der Waals surface area contributed by atoms with Crippen molar-refractivity contribution in [3.63, 3.8) is 0 Å². The third-order valence-corrected chi connectivity index (χ3v) is 3.13. The molecule has 18 heavy (non-hydrogen) atoms. The molecule has 0 saturated carbocycles. The van der Waals surface area contributed by atoms with Gasteiger partial charge in [0.25, 0.3) is 0 Å². The molecule has 5 nitrogen and oxygen atoms in total. The van der Waals surface area contributed by atoms with Gasteiger partial charge >= 0.3 is 5.97 Å². The Labute approximate surface area is 105 Å². The van der Waals surface area contributed by atoms with Gasteiger partial charge in [-0.05, 0) is 24.5 Å². The molecule has 0 aliphatic carbocycles. The first kappa shape index (κ1) is 12.6. The van der Waals surface area contributed by atoms with Gasteiger partial charge in [-0.2, -0.15) is 0 Å². The fraction of sp³-hybridized carbons (Fsp3) is 0.385. The Morgan fingerprint density at radius 2 is 2.06 bits per heavy atom. The van der Waals surface area contributed by atoms with Crippen molar-refractivity contribution in [3.8, 4) is 0 Å². The van der Waals surface area contributed by atoms with Crippen molar-refractivity contribution in [3.05, 3.63) is 35.4 Å². The van der Waals surface area contributed by atoms with E-state index in [0.717, 1.165) is 5.56 Å². The first-order chi connectivity index (χ1) is 8.58. The average molecular weight is 248 g/mol. The largest absolute Gasteiger partial charge is 0.480 e. The molecule has 0 bridgehead atoms. The summed E-state index contributed by atoms with van der Waals surface area (Å²) in [5.41, 5.74) is 2.33. The van der Waals surface area contributed by atoms with Crippen LogP contribution in [-0.4, -0.2) is 29.1 Å². The predicted molar refractivity (Wildman–Crippen MR) is 66.0 cm³/mol. The molecule has 1 heterocycles. The second kappa shape index (κ2) is 5.18. The summed E-state index contributed by atoms with van der Waals surface area (Å²) in [7, 11) is 0. The van der Waals surface area contributed by atoms with Crippen LogP contribution in [-0.2, 0) is 22.6 Å². The maximum atomic E-state index is 11.9. The van der Waals surface area contributed by atoms with Crippen LogP contribution in [0.25, 0.3) is 0 Å². The highest BCUT2D eigenvalue weighted by Gasteiger charge is 2.25. The zero-order valence-corrected chi connectivity index (χ0v) is 10.1. The molecule has 1 aliphatic rings. The highest BCUT2D eigenvalue weighted by molar-refractivity contribution is 5.87. The second-order valence-electron chi connectivity index (χ2n) is 4.47. The van der Waals surface area contributed by atoms with E-state index in [-0.39, 0.29) is 11.9 Å². The van der Waals surface area contributed by atoms with Crippen LogP contribution in [0, 0.1) is 0 Å². The van der Waals surface area contributed by atoms with Crippen molar-refractivity contribution in [2.45, 2.75) is 32.0 Å². The van der Waals surface area contributed by atoms with Gasteiger partial charge in [0.2, 0.25) is 5.91 Å². The molecule has 1 amide bonds. The smallest absolute Gasteiger partial charge is 0.325 e. The Balaban J connectivity index is 2.00. The lowest BCUT2D eigenvalue weighted by Gasteiger charge is -2.26. The van der Waals surface area contributed by atoms with Crippen LogP contribution in [0.1, 0.15) is 18.1 Å². The number of carboxylic acids is 1. The average Bonchev–Trinajstić information content (AvgIpc) is 2.37. The Kier molecular flexibility index (Phi) is 3.62. The molecule has 1 aromatic rings. The van der Waals surface area contributed by atoms with E-state index in [4.69, 9.17) is 5.11 Å². The van der Waals surface area contributed by atoms with Gasteiger partial charge in [0.1, 0.15) is 6.04 Å². The Morgan fingerprint density at radius 3 is 2.72 bits per heavy atom. The van der Waals surface area contributed by atoms with Crippen molar-refractivity contribution >= 4 is 11.9 Å². The minimum Gasteiger partial charge on any atom is -0.480 e. The monoisotopic (exact) mass is 248 g/mol. The minimum atomic E-state index is -1.03. The minimum absolute atomic E-state index is 0.264. The lowest BCUT2D eigenvalue weighted by Crippen LogP contribution is -2.51. The van der Waals surface area contributed by atoms with E-state index in [2.05, 4.69) is 10.6 Å². The van der Waals surface area contributed by atoms with Gasteiger partial charge in [-0.1, -0.05) is 24.3 Å². The zero-order valence-electron chi connectivity index (χ0n) is 10.1. The van der Waals surface area contributed by atoms with E-state index in [1.165, 1.54) is 12.5 Å². The highest BCUT2D eigenvalue weighted by atomic mass is 16.4. The summed E-state index contributed by atoms with van der Waals surface area (Å²) in [4.78, 5) is 22.6. The van der Waals surface area contributed by atoms with Crippen LogP contribution in [0.2, 0.25) is 0 Å². The molecule has 0 unspecified atom stereocenters. The summed E-state index contributed by atoms with van der Waals surface area (Å²) in [6.45, 7) is 2.09. The van der Waals surface area contributed by atoms with Crippen LogP contribution < -0.4 is 10.6 Å². The van der Waals surface area contributed by atoms with Gasteiger partial charge in [0.15, 0.2) is 0 Å². The van der Waals surface area contributed by atoms with E-state index in [9.17, 15) is 9.59 Å². The predicted octanol–water partition coefficient (Wildman–Crippen LogP) is 0.290. The SMILES string of the molecule is C[C@@H](NC(=O)[C@H]1Cc2ccccc2CN1)C(=O)O. The quantitative estimate of drug-likeness (QED) is 0.718. The van der Waals surface area contributed by atoms with Crippen molar-refractivity contribution in [1.29, 1.82) is 0 Å². The van der Waals surface area contributed by atoms with Crippen molar-refractivity contribution in [2.75, 3.05) is 0 Å². The fourth-order valence-corrected chi connectivity index (χ4v) is 2.02. The maximum Gasteiger partial charge on any atom is 0.325 e. The van der Waals surface area contributed by atoms with Crippen LogP contribution in [0.5, 0.6) is 0 Å². The van der Waals surface area contributed by atoms with Crippen molar-refractivity contribution in [1.82, 2.24) is 10.6 Å². The van der Waals surface area contributed by atoms with Crippen molar-refractivity contribution < 1.29 is 14.7 Å². The number of carbonyl (C=O) groups excluding carboxylic acids is 1. The van der Waals surface area contributed by atoms with E-state index < -0.39 is 12.0 Å². The molecular formula is C13H16N2O3. The van der Waals surface area contributed by atoms with Gasteiger partial charge in [-0.15, -0.1) is 0 Å². The third-order valence-electron chi connectivity index (χ3n) is 3.13. The lowest BCUT2D eigenvalue weighted by molar-refractivity contribution is -0.141. The number of carbonyl (C=O) groups is 2. The van der Waals surface area contributed by atoms with Crippen LogP contribution in [0.4, 0.5) is 0 Å². The van der Waals surface area contributed by atoms with Crippen LogP contribution >= 0.6 is 0 Å². The summed E-state index contributed by atoms with van der Waals surface area (Å²) < 4.78 is 0. The van der Waals surface area contributed by atoms with E-state index in [1.54, 1.807) is 0 Å². The molecule has 0 aromatic heterocycles. The number of hydrogen-bond acceptors (Lipinski definition) is 3. The Bertz CT molecular complexity index is 473. The zero-order chi connectivity index (χ0) is 13.1. The molecule has 1 aromatic carbocycles. The molecule has 3 N–H and O–H groups in total. The molecule has 2 atom stereocenters. The number of nitrogens with one attached hydrogen (secondary N) is 2. The molecule has 96 valence electrons. The Morgan fingerprint density at radius 1 is 1.39 bits per heavy atom. The molecule has 1 aliphatic heterocycles. The van der Waals surface area contributed by atoms with Crippen LogP contribution in [0.3, 0.4) is 0 Å². The highest BCUT2D eigenvalue weighted by Crippen LogP contribution is 2.16. The van der Waals surface area contributed by atoms with E-state index in [1.807, 2.05) is 24.3 Å².